The predicted molar refractivity (Wildman–Crippen MR) is 117 cm³/mol. The lowest BCUT2D eigenvalue weighted by Crippen LogP contribution is -2.54. The standard InChI is InChI=1S/C23H30N2O4S/c1-4-29-23(26)15-21-17-25(30(27,28)22-11-7-19(3)8-12-22)14-13-24(21)16-20-9-5-18(2)6-10-20/h5-12,21H,4,13-17H2,1-3H3. The van der Waals surface area contributed by atoms with Gasteiger partial charge in [0, 0.05) is 32.2 Å². The van der Waals surface area contributed by atoms with E-state index in [2.05, 4.69) is 29.2 Å². The van der Waals surface area contributed by atoms with Gasteiger partial charge in [-0.3, -0.25) is 9.69 Å². The van der Waals surface area contributed by atoms with E-state index in [1.165, 1.54) is 9.87 Å². The lowest BCUT2D eigenvalue weighted by atomic mass is 10.1. The highest BCUT2D eigenvalue weighted by Crippen LogP contribution is 2.23. The molecule has 0 saturated carbocycles. The van der Waals surface area contributed by atoms with Gasteiger partial charge >= 0.3 is 5.97 Å². The van der Waals surface area contributed by atoms with E-state index >= 15 is 0 Å². The van der Waals surface area contributed by atoms with Gasteiger partial charge in [0.25, 0.3) is 0 Å². The number of nitrogens with zero attached hydrogens (tertiary/aromatic N) is 2. The molecule has 0 radical (unpaired) electrons. The van der Waals surface area contributed by atoms with Crippen LogP contribution >= 0.6 is 0 Å². The highest BCUT2D eigenvalue weighted by molar-refractivity contribution is 7.89. The minimum Gasteiger partial charge on any atom is -0.466 e. The lowest BCUT2D eigenvalue weighted by molar-refractivity contribution is -0.145. The van der Waals surface area contributed by atoms with E-state index in [0.29, 0.717) is 26.2 Å². The highest BCUT2D eigenvalue weighted by atomic mass is 32.2. The Hall–Kier alpha value is -2.22. The normalized spacial score (nSPS) is 18.3. The van der Waals surface area contributed by atoms with E-state index in [1.807, 2.05) is 13.8 Å². The number of hydrogen-bond donors (Lipinski definition) is 0. The average Bonchev–Trinajstić information content (AvgIpc) is 2.71. The molecule has 1 aliphatic rings. The molecule has 1 saturated heterocycles. The summed E-state index contributed by atoms with van der Waals surface area (Å²) in [6.07, 6.45) is 0.166. The first-order valence-corrected chi connectivity index (χ1v) is 11.8. The van der Waals surface area contributed by atoms with E-state index < -0.39 is 10.0 Å². The third kappa shape index (κ3) is 5.47. The fraction of sp³-hybridized carbons (Fsp3) is 0.435. The number of benzene rings is 2. The SMILES string of the molecule is CCOC(=O)CC1CN(S(=O)(=O)c2ccc(C)cc2)CCN1Cc1ccc(C)cc1. The van der Waals surface area contributed by atoms with Crippen LogP contribution in [0.3, 0.4) is 0 Å². The molecule has 162 valence electrons. The summed E-state index contributed by atoms with van der Waals surface area (Å²) in [4.78, 5) is 14.7. The van der Waals surface area contributed by atoms with Crippen molar-refractivity contribution in [2.45, 2.75) is 44.7 Å². The van der Waals surface area contributed by atoms with Gasteiger partial charge in [-0.1, -0.05) is 47.5 Å². The number of carbonyl (C=O) groups is 1. The molecule has 2 aromatic carbocycles. The first-order chi connectivity index (χ1) is 14.3. The summed E-state index contributed by atoms with van der Waals surface area (Å²) in [7, 11) is -3.61. The van der Waals surface area contributed by atoms with Crippen LogP contribution in [0.25, 0.3) is 0 Å². The first-order valence-electron chi connectivity index (χ1n) is 10.3. The topological polar surface area (TPSA) is 66.9 Å². The van der Waals surface area contributed by atoms with Crippen molar-refractivity contribution in [2.75, 3.05) is 26.2 Å². The second kappa shape index (κ2) is 9.73. The molecule has 6 nitrogen and oxygen atoms in total. The molecular weight excluding hydrogens is 400 g/mol. The van der Waals surface area contributed by atoms with Gasteiger partial charge in [0.15, 0.2) is 0 Å². The van der Waals surface area contributed by atoms with Crippen molar-refractivity contribution < 1.29 is 17.9 Å². The van der Waals surface area contributed by atoms with Gasteiger partial charge in [0.05, 0.1) is 17.9 Å². The molecular formula is C23H30N2O4S. The summed E-state index contributed by atoms with van der Waals surface area (Å²) < 4.78 is 32.9. The van der Waals surface area contributed by atoms with Crippen molar-refractivity contribution in [1.82, 2.24) is 9.21 Å². The van der Waals surface area contributed by atoms with Crippen molar-refractivity contribution in [1.29, 1.82) is 0 Å². The summed E-state index contributed by atoms with van der Waals surface area (Å²) in [5, 5.41) is 0. The zero-order valence-electron chi connectivity index (χ0n) is 17.9. The van der Waals surface area contributed by atoms with Gasteiger partial charge in [0.1, 0.15) is 0 Å². The largest absolute Gasteiger partial charge is 0.466 e. The molecule has 7 heteroatoms. The quantitative estimate of drug-likeness (QED) is 0.632. The Balaban J connectivity index is 1.79. The number of ether oxygens (including phenoxy) is 1. The van der Waals surface area contributed by atoms with Crippen molar-refractivity contribution in [3.05, 3.63) is 65.2 Å². The van der Waals surface area contributed by atoms with Gasteiger partial charge in [0.2, 0.25) is 10.0 Å². The van der Waals surface area contributed by atoms with Gasteiger partial charge < -0.3 is 4.74 Å². The maximum absolute atomic E-state index is 13.1. The Bertz CT molecular complexity index is 956. The molecule has 2 aromatic rings. The Morgan fingerprint density at radius 3 is 2.20 bits per heavy atom. The molecule has 30 heavy (non-hydrogen) atoms. The van der Waals surface area contributed by atoms with Crippen molar-refractivity contribution in [2.24, 2.45) is 0 Å². The number of aryl methyl sites for hydroxylation is 2. The molecule has 1 aliphatic heterocycles. The van der Waals surface area contributed by atoms with Crippen molar-refractivity contribution in [3.8, 4) is 0 Å². The van der Waals surface area contributed by atoms with Crippen LogP contribution < -0.4 is 0 Å². The Morgan fingerprint density at radius 2 is 1.60 bits per heavy atom. The first kappa shape index (κ1) is 22.5. The van der Waals surface area contributed by atoms with E-state index in [9.17, 15) is 13.2 Å². The molecule has 1 fully saturated rings. The fourth-order valence-electron chi connectivity index (χ4n) is 3.68. The molecule has 0 aliphatic carbocycles. The maximum Gasteiger partial charge on any atom is 0.307 e. The van der Waals surface area contributed by atoms with Crippen molar-refractivity contribution in [3.63, 3.8) is 0 Å². The Kier molecular flexibility index (Phi) is 7.28. The number of sulfonamides is 1. The maximum atomic E-state index is 13.1. The summed E-state index contributed by atoms with van der Waals surface area (Å²) >= 11 is 0. The van der Waals surface area contributed by atoms with Gasteiger partial charge in [-0.15, -0.1) is 0 Å². The second-order valence-electron chi connectivity index (χ2n) is 7.80. The molecule has 1 heterocycles. The van der Waals surface area contributed by atoms with Gasteiger partial charge in [-0.25, -0.2) is 8.42 Å². The van der Waals surface area contributed by atoms with Gasteiger partial charge in [-0.2, -0.15) is 4.31 Å². The van der Waals surface area contributed by atoms with Crippen LogP contribution in [-0.4, -0.2) is 55.9 Å². The number of piperazine rings is 1. The summed E-state index contributed by atoms with van der Waals surface area (Å²) in [6, 6.07) is 14.9. The minimum absolute atomic E-state index is 0.166. The second-order valence-corrected chi connectivity index (χ2v) is 9.73. The van der Waals surface area contributed by atoms with Crippen LogP contribution in [0, 0.1) is 13.8 Å². The third-order valence-electron chi connectivity index (χ3n) is 5.44. The lowest BCUT2D eigenvalue weighted by Gasteiger charge is -2.40. The van der Waals surface area contributed by atoms with Crippen LogP contribution in [0.4, 0.5) is 0 Å². The van der Waals surface area contributed by atoms with E-state index in [4.69, 9.17) is 4.74 Å². The predicted octanol–water partition coefficient (Wildman–Crippen LogP) is 3.13. The summed E-state index contributed by atoms with van der Waals surface area (Å²) in [6.45, 7) is 7.94. The summed E-state index contributed by atoms with van der Waals surface area (Å²) in [5.41, 5.74) is 3.34. The molecule has 1 unspecified atom stereocenters. The van der Waals surface area contributed by atoms with Crippen LogP contribution in [0.15, 0.2) is 53.4 Å². The monoisotopic (exact) mass is 430 g/mol. The Labute approximate surface area is 179 Å². The fourth-order valence-corrected chi connectivity index (χ4v) is 5.15. The molecule has 0 spiro atoms. The zero-order valence-corrected chi connectivity index (χ0v) is 18.7. The third-order valence-corrected chi connectivity index (χ3v) is 7.32. The number of rotatable bonds is 7. The molecule has 3 rings (SSSR count). The van der Waals surface area contributed by atoms with Crippen LogP contribution in [-0.2, 0) is 26.1 Å². The van der Waals surface area contributed by atoms with Gasteiger partial charge in [-0.05, 0) is 38.5 Å². The summed E-state index contributed by atoms with van der Waals surface area (Å²) in [5.74, 6) is -0.300. The number of carbonyl (C=O) groups excluding carboxylic acids is 1. The zero-order chi connectivity index (χ0) is 21.7. The molecule has 0 N–H and O–H groups in total. The Morgan fingerprint density at radius 1 is 1.00 bits per heavy atom. The van der Waals surface area contributed by atoms with Crippen LogP contribution in [0.2, 0.25) is 0 Å². The molecule has 0 amide bonds. The van der Waals surface area contributed by atoms with E-state index in [1.54, 1.807) is 31.2 Å². The van der Waals surface area contributed by atoms with E-state index in [-0.39, 0.29) is 29.9 Å². The van der Waals surface area contributed by atoms with E-state index in [0.717, 1.165) is 11.1 Å². The van der Waals surface area contributed by atoms with Crippen LogP contribution in [0.1, 0.15) is 30.0 Å². The number of hydrogen-bond acceptors (Lipinski definition) is 5. The smallest absolute Gasteiger partial charge is 0.307 e. The van der Waals surface area contributed by atoms with Crippen LogP contribution in [0.5, 0.6) is 0 Å². The highest BCUT2D eigenvalue weighted by Gasteiger charge is 2.35. The minimum atomic E-state index is -3.61. The molecule has 0 aromatic heterocycles. The van der Waals surface area contributed by atoms with Crippen molar-refractivity contribution >= 4 is 16.0 Å². The molecule has 1 atom stereocenters. The number of esters is 1. The molecule has 0 bridgehead atoms. The average molecular weight is 431 g/mol.